The molecule has 0 saturated carbocycles. The molecule has 0 radical (unpaired) electrons. The summed E-state index contributed by atoms with van der Waals surface area (Å²) in [7, 11) is -2.93. The maximum Gasteiger partial charge on any atom is 0.273 e. The number of halogens is 1. The van der Waals surface area contributed by atoms with Crippen LogP contribution in [0.15, 0.2) is 83.9 Å². The number of carbonyl (C=O) groups is 1. The van der Waals surface area contributed by atoms with Crippen molar-refractivity contribution >= 4 is 44.1 Å². The lowest BCUT2D eigenvalue weighted by molar-refractivity contribution is -0.120. The fourth-order valence-electron chi connectivity index (χ4n) is 4.24. The number of hydrogen-bond acceptors (Lipinski definition) is 6. The van der Waals surface area contributed by atoms with Gasteiger partial charge in [0, 0.05) is 27.7 Å². The van der Waals surface area contributed by atoms with Gasteiger partial charge in [0.1, 0.15) is 10.6 Å². The summed E-state index contributed by atoms with van der Waals surface area (Å²) in [4.78, 5) is 18.1. The minimum Gasteiger partial charge on any atom is -0.496 e. The molecular formula is C24H18ClN3O4S. The number of aromatic nitrogens is 1. The molecule has 0 fully saturated rings. The number of nitrogens with zero attached hydrogens (tertiary/aromatic N) is 2. The highest BCUT2D eigenvalue weighted by molar-refractivity contribution is 7.93. The van der Waals surface area contributed by atoms with Crippen LogP contribution in [0.1, 0.15) is 11.1 Å². The third-order valence-electron chi connectivity index (χ3n) is 5.77. The van der Waals surface area contributed by atoms with Crippen LogP contribution in [0.25, 0.3) is 10.9 Å². The second-order valence-electron chi connectivity index (χ2n) is 7.58. The molecule has 1 aliphatic heterocycles. The summed E-state index contributed by atoms with van der Waals surface area (Å²) < 4.78 is 34.0. The van der Waals surface area contributed by atoms with E-state index in [0.717, 1.165) is 4.31 Å². The summed E-state index contributed by atoms with van der Waals surface area (Å²) >= 11 is 6.24. The van der Waals surface area contributed by atoms with Crippen LogP contribution in [-0.4, -0.2) is 26.4 Å². The molecule has 1 aliphatic rings. The van der Waals surface area contributed by atoms with Gasteiger partial charge in [-0.25, -0.2) is 12.7 Å². The SMILES string of the molecule is COc1ccccc1C1(N)C(=O)N(S(=O)(=O)c2cccc3cccnc23)c2ccc(Cl)cc21. The van der Waals surface area contributed by atoms with E-state index in [4.69, 9.17) is 22.1 Å². The van der Waals surface area contributed by atoms with Crippen LogP contribution in [0, 0.1) is 0 Å². The lowest BCUT2D eigenvalue weighted by atomic mass is 9.84. The van der Waals surface area contributed by atoms with E-state index in [9.17, 15) is 13.2 Å². The van der Waals surface area contributed by atoms with Gasteiger partial charge in [-0.2, -0.15) is 0 Å². The summed E-state index contributed by atoms with van der Waals surface area (Å²) in [5.74, 6) is -0.484. The molecule has 0 spiro atoms. The van der Waals surface area contributed by atoms with Gasteiger partial charge < -0.3 is 10.5 Å². The standard InChI is InChI=1S/C24H18ClN3O4S/c1-32-20-9-3-2-8-17(20)24(26)18-14-16(25)11-12-19(18)28(23(24)29)33(30,31)21-10-4-6-15-7-5-13-27-22(15)21/h2-14H,26H2,1H3. The van der Waals surface area contributed by atoms with Crippen molar-refractivity contribution in [2.45, 2.75) is 10.4 Å². The first-order chi connectivity index (χ1) is 15.8. The predicted molar refractivity (Wildman–Crippen MR) is 126 cm³/mol. The van der Waals surface area contributed by atoms with Crippen LogP contribution < -0.4 is 14.8 Å². The Morgan fingerprint density at radius 2 is 1.76 bits per heavy atom. The zero-order chi connectivity index (χ0) is 23.4. The number of rotatable bonds is 4. The van der Waals surface area contributed by atoms with Crippen molar-refractivity contribution in [2.24, 2.45) is 5.73 Å². The van der Waals surface area contributed by atoms with Crippen molar-refractivity contribution < 1.29 is 17.9 Å². The van der Waals surface area contributed by atoms with Crippen molar-refractivity contribution in [1.29, 1.82) is 0 Å². The van der Waals surface area contributed by atoms with Gasteiger partial charge in [-0.05, 0) is 36.4 Å². The average Bonchev–Trinajstić information content (AvgIpc) is 3.06. The van der Waals surface area contributed by atoms with Gasteiger partial charge in [0.15, 0.2) is 5.54 Å². The fourth-order valence-corrected chi connectivity index (χ4v) is 6.05. The topological polar surface area (TPSA) is 103 Å². The fraction of sp³-hybridized carbons (Fsp3) is 0.0833. The molecule has 0 bridgehead atoms. The van der Waals surface area contributed by atoms with Crippen molar-refractivity contribution in [1.82, 2.24) is 4.98 Å². The van der Waals surface area contributed by atoms with Gasteiger partial charge in [0.2, 0.25) is 0 Å². The van der Waals surface area contributed by atoms with E-state index in [0.29, 0.717) is 21.7 Å². The predicted octanol–water partition coefficient (Wildman–Crippen LogP) is 3.83. The summed E-state index contributed by atoms with van der Waals surface area (Å²) in [5, 5.41) is 0.947. The van der Waals surface area contributed by atoms with Crippen LogP contribution in [0.3, 0.4) is 0 Å². The summed E-state index contributed by atoms with van der Waals surface area (Å²) in [6.45, 7) is 0. The molecule has 5 rings (SSSR count). The van der Waals surface area contributed by atoms with Gasteiger partial charge >= 0.3 is 0 Å². The molecule has 7 nitrogen and oxygen atoms in total. The van der Waals surface area contributed by atoms with Crippen molar-refractivity contribution in [3.63, 3.8) is 0 Å². The quantitative estimate of drug-likeness (QED) is 0.477. The van der Waals surface area contributed by atoms with Gasteiger partial charge in [0.25, 0.3) is 15.9 Å². The maximum absolute atomic E-state index is 13.9. The molecule has 9 heteroatoms. The van der Waals surface area contributed by atoms with Crippen LogP contribution in [-0.2, 0) is 20.4 Å². The van der Waals surface area contributed by atoms with Gasteiger partial charge in [-0.3, -0.25) is 9.78 Å². The molecule has 2 heterocycles. The Balaban J connectivity index is 1.79. The van der Waals surface area contributed by atoms with Crippen molar-refractivity contribution in [3.8, 4) is 5.75 Å². The molecule has 0 aliphatic carbocycles. The lowest BCUT2D eigenvalue weighted by Gasteiger charge is -2.26. The first-order valence-corrected chi connectivity index (χ1v) is 11.8. The first kappa shape index (κ1) is 21.4. The number of para-hydroxylation sites is 2. The summed E-state index contributed by atoms with van der Waals surface area (Å²) in [6, 6.07) is 19.5. The van der Waals surface area contributed by atoms with E-state index >= 15 is 0 Å². The number of hydrogen-bond donors (Lipinski definition) is 1. The number of fused-ring (bicyclic) bond motifs is 2. The van der Waals surface area contributed by atoms with Crippen LogP contribution in [0.2, 0.25) is 5.02 Å². The van der Waals surface area contributed by atoms with Gasteiger partial charge in [-0.1, -0.05) is 48.0 Å². The average molecular weight is 480 g/mol. The zero-order valence-electron chi connectivity index (χ0n) is 17.4. The number of methoxy groups -OCH3 is 1. The number of carbonyl (C=O) groups excluding carboxylic acids is 1. The highest BCUT2D eigenvalue weighted by Gasteiger charge is 2.55. The van der Waals surface area contributed by atoms with Gasteiger partial charge in [-0.15, -0.1) is 0 Å². The Bertz CT molecular complexity index is 1530. The van der Waals surface area contributed by atoms with Crippen LogP contribution in [0.5, 0.6) is 5.75 Å². The number of pyridine rings is 1. The smallest absolute Gasteiger partial charge is 0.273 e. The highest BCUT2D eigenvalue weighted by atomic mass is 35.5. The molecule has 0 saturated heterocycles. The molecule has 1 amide bonds. The third-order valence-corrected chi connectivity index (χ3v) is 7.73. The Labute approximate surface area is 195 Å². The monoisotopic (exact) mass is 479 g/mol. The molecule has 3 aromatic carbocycles. The van der Waals surface area contributed by atoms with Crippen LogP contribution >= 0.6 is 11.6 Å². The third kappa shape index (κ3) is 3.02. The summed E-state index contributed by atoms with van der Waals surface area (Å²) in [6.07, 6.45) is 1.50. The highest BCUT2D eigenvalue weighted by Crippen LogP contribution is 2.48. The molecule has 166 valence electrons. The van der Waals surface area contributed by atoms with Crippen molar-refractivity contribution in [3.05, 3.63) is 95.1 Å². The lowest BCUT2D eigenvalue weighted by Crippen LogP contribution is -2.49. The van der Waals surface area contributed by atoms with Crippen molar-refractivity contribution in [2.75, 3.05) is 11.4 Å². The number of amides is 1. The second-order valence-corrected chi connectivity index (χ2v) is 9.77. The molecule has 33 heavy (non-hydrogen) atoms. The Kier molecular flexibility index (Phi) is 4.89. The molecule has 1 atom stereocenters. The molecular weight excluding hydrogens is 462 g/mol. The largest absolute Gasteiger partial charge is 0.496 e. The minimum atomic E-state index is -4.38. The number of nitrogens with two attached hydrogens (primary N) is 1. The van der Waals surface area contributed by atoms with E-state index in [1.54, 1.807) is 48.5 Å². The molecule has 2 N–H and O–H groups in total. The Morgan fingerprint density at radius 3 is 2.55 bits per heavy atom. The van der Waals surface area contributed by atoms with E-state index in [2.05, 4.69) is 4.98 Å². The summed E-state index contributed by atoms with van der Waals surface area (Å²) in [5.41, 5.74) is 5.90. The molecule has 4 aromatic rings. The first-order valence-electron chi connectivity index (χ1n) is 9.96. The van der Waals surface area contributed by atoms with Crippen LogP contribution in [0.4, 0.5) is 5.69 Å². The zero-order valence-corrected chi connectivity index (χ0v) is 19.0. The normalized spacial score (nSPS) is 17.9. The minimum absolute atomic E-state index is 0.0980. The van der Waals surface area contributed by atoms with E-state index in [1.807, 2.05) is 0 Å². The Morgan fingerprint density at radius 1 is 1.00 bits per heavy atom. The van der Waals surface area contributed by atoms with E-state index < -0.39 is 21.5 Å². The molecule has 1 aromatic heterocycles. The number of anilines is 1. The molecule has 1 unspecified atom stereocenters. The number of ether oxygens (including phenoxy) is 1. The van der Waals surface area contributed by atoms with E-state index in [1.165, 1.54) is 37.6 Å². The maximum atomic E-state index is 13.9. The second kappa shape index (κ2) is 7.55. The van der Waals surface area contributed by atoms with Gasteiger partial charge in [0.05, 0.1) is 18.3 Å². The van der Waals surface area contributed by atoms with E-state index in [-0.39, 0.29) is 21.7 Å². The Hall–Kier alpha value is -3.46. The number of sulfonamides is 1. The number of benzene rings is 3.